The molecule has 1 aliphatic rings. The molecule has 3 atom stereocenters. The second-order valence-corrected chi connectivity index (χ2v) is 6.02. The van der Waals surface area contributed by atoms with Crippen molar-refractivity contribution in [1.82, 2.24) is 20.2 Å². The van der Waals surface area contributed by atoms with Crippen LogP contribution in [0.4, 0.5) is 4.39 Å². The van der Waals surface area contributed by atoms with Crippen LogP contribution in [0, 0.1) is 5.82 Å². The molecule has 7 nitrogen and oxygen atoms in total. The molecule has 0 aliphatic carbocycles. The lowest BCUT2D eigenvalue weighted by Crippen LogP contribution is -2.44. The minimum atomic E-state index is -0.742. The van der Waals surface area contributed by atoms with E-state index < -0.39 is 18.0 Å². The zero-order valence-corrected chi connectivity index (χ0v) is 13.9. The number of aryl methyl sites for hydroxylation is 1. The molecule has 0 saturated carbocycles. The van der Waals surface area contributed by atoms with Crippen molar-refractivity contribution in [2.45, 2.75) is 24.8 Å². The molecule has 134 valence electrons. The molecule has 1 aromatic carbocycles. The minimum Gasteiger partial charge on any atom is -0.389 e. The Labute approximate surface area is 144 Å². The molecule has 2 aromatic rings. The molecule has 0 bridgehead atoms. The van der Waals surface area contributed by atoms with Gasteiger partial charge in [-0.25, -0.2) is 9.37 Å². The monoisotopic (exact) mass is 348 g/mol. The molecule has 3 rings (SSSR count). The maximum absolute atomic E-state index is 12.9. The first-order valence-corrected chi connectivity index (χ1v) is 8.07. The number of carbonyl (C=O) groups excluding carboxylic acids is 1. The van der Waals surface area contributed by atoms with E-state index in [0.717, 1.165) is 5.82 Å². The number of hydrogen-bond acceptors (Lipinski definition) is 5. The standard InChI is InChI=1S/C17H21FN4O3/c1-22-7-6-19-15(22)9-20-13-10-25-14(16(13)23)8-21-17(24)11-2-4-12(18)5-3-11/h2-7,13-14,16,20,23H,8-10H2,1H3,(H,21,24)/t13-,14-,16+/m1/s1. The van der Waals surface area contributed by atoms with Gasteiger partial charge in [-0.1, -0.05) is 0 Å². The second kappa shape index (κ2) is 7.73. The van der Waals surface area contributed by atoms with Crippen LogP contribution in [0.1, 0.15) is 16.2 Å². The summed E-state index contributed by atoms with van der Waals surface area (Å²) in [7, 11) is 1.90. The van der Waals surface area contributed by atoms with Crippen molar-refractivity contribution in [2.24, 2.45) is 7.05 Å². The van der Waals surface area contributed by atoms with Crippen LogP contribution in [0.2, 0.25) is 0 Å². The number of rotatable bonds is 6. The third-order valence-electron chi connectivity index (χ3n) is 4.30. The minimum absolute atomic E-state index is 0.179. The number of nitrogens with one attached hydrogen (secondary N) is 2. The fourth-order valence-electron chi connectivity index (χ4n) is 2.73. The van der Waals surface area contributed by atoms with Crippen molar-refractivity contribution < 1.29 is 19.0 Å². The fourth-order valence-corrected chi connectivity index (χ4v) is 2.73. The highest BCUT2D eigenvalue weighted by atomic mass is 19.1. The molecule has 25 heavy (non-hydrogen) atoms. The summed E-state index contributed by atoms with van der Waals surface area (Å²) < 4.78 is 20.3. The predicted molar refractivity (Wildman–Crippen MR) is 88.3 cm³/mol. The van der Waals surface area contributed by atoms with Gasteiger partial charge >= 0.3 is 0 Å². The summed E-state index contributed by atoms with van der Waals surface area (Å²) in [6.45, 7) is 1.05. The average molecular weight is 348 g/mol. The van der Waals surface area contributed by atoms with Gasteiger partial charge in [0, 0.05) is 31.5 Å². The number of imidazole rings is 1. The first-order chi connectivity index (χ1) is 12.0. The molecule has 2 heterocycles. The van der Waals surface area contributed by atoms with E-state index in [2.05, 4.69) is 15.6 Å². The van der Waals surface area contributed by atoms with E-state index in [9.17, 15) is 14.3 Å². The number of hydrogen-bond donors (Lipinski definition) is 3. The van der Waals surface area contributed by atoms with Gasteiger partial charge in [0.25, 0.3) is 5.91 Å². The Balaban J connectivity index is 1.47. The van der Waals surface area contributed by atoms with Crippen molar-refractivity contribution in [1.29, 1.82) is 0 Å². The number of nitrogens with zero attached hydrogens (tertiary/aromatic N) is 2. The van der Waals surface area contributed by atoms with E-state index in [0.29, 0.717) is 18.7 Å². The topological polar surface area (TPSA) is 88.4 Å². The fraction of sp³-hybridized carbons (Fsp3) is 0.412. The van der Waals surface area contributed by atoms with Gasteiger partial charge < -0.3 is 25.0 Å². The van der Waals surface area contributed by atoms with Crippen LogP contribution < -0.4 is 10.6 Å². The van der Waals surface area contributed by atoms with Gasteiger partial charge in [-0.3, -0.25) is 4.79 Å². The van der Waals surface area contributed by atoms with Crippen molar-refractivity contribution in [2.75, 3.05) is 13.2 Å². The SMILES string of the molecule is Cn1ccnc1CN[C@@H]1CO[C@H](CNC(=O)c2ccc(F)cc2)[C@H]1O. The smallest absolute Gasteiger partial charge is 0.251 e. The lowest BCUT2D eigenvalue weighted by atomic mass is 10.1. The zero-order chi connectivity index (χ0) is 17.8. The molecule has 0 radical (unpaired) electrons. The molecular weight excluding hydrogens is 327 g/mol. The molecule has 8 heteroatoms. The van der Waals surface area contributed by atoms with Gasteiger partial charge in [0.2, 0.25) is 0 Å². The summed E-state index contributed by atoms with van der Waals surface area (Å²) in [5, 5.41) is 16.3. The average Bonchev–Trinajstić information content (AvgIpc) is 3.17. The van der Waals surface area contributed by atoms with Gasteiger partial charge in [0.05, 0.1) is 25.3 Å². The Morgan fingerprint density at radius 1 is 1.44 bits per heavy atom. The summed E-state index contributed by atoms with van der Waals surface area (Å²) in [6, 6.07) is 5.05. The molecule has 1 fully saturated rings. The number of aliphatic hydroxyl groups is 1. The summed E-state index contributed by atoms with van der Waals surface area (Å²) in [4.78, 5) is 16.2. The Bertz CT molecular complexity index is 719. The van der Waals surface area contributed by atoms with E-state index in [-0.39, 0.29) is 18.5 Å². The number of amides is 1. The molecule has 1 aliphatic heterocycles. The van der Waals surface area contributed by atoms with Gasteiger partial charge in [0.15, 0.2) is 0 Å². The van der Waals surface area contributed by atoms with Gasteiger partial charge in [0.1, 0.15) is 17.7 Å². The van der Waals surface area contributed by atoms with E-state index in [4.69, 9.17) is 4.74 Å². The van der Waals surface area contributed by atoms with Crippen molar-refractivity contribution >= 4 is 5.91 Å². The Hall–Kier alpha value is -2.29. The largest absolute Gasteiger partial charge is 0.389 e. The van der Waals surface area contributed by atoms with Crippen LogP contribution in [0.5, 0.6) is 0 Å². The van der Waals surface area contributed by atoms with E-state index in [1.165, 1.54) is 24.3 Å². The maximum atomic E-state index is 12.9. The number of benzene rings is 1. The number of ether oxygens (including phenoxy) is 1. The van der Waals surface area contributed by atoms with E-state index in [1.807, 2.05) is 17.8 Å². The number of aromatic nitrogens is 2. The van der Waals surface area contributed by atoms with Crippen LogP contribution in [-0.2, 0) is 18.3 Å². The predicted octanol–water partition coefficient (Wildman–Crippen LogP) is 0.207. The van der Waals surface area contributed by atoms with Gasteiger partial charge in [-0.2, -0.15) is 0 Å². The van der Waals surface area contributed by atoms with Crippen LogP contribution >= 0.6 is 0 Å². The normalized spacial score (nSPS) is 22.9. The third-order valence-corrected chi connectivity index (χ3v) is 4.30. The zero-order valence-electron chi connectivity index (χ0n) is 13.9. The first kappa shape index (κ1) is 17.5. The van der Waals surface area contributed by atoms with Crippen LogP contribution in [0.15, 0.2) is 36.7 Å². The second-order valence-electron chi connectivity index (χ2n) is 6.02. The number of aliphatic hydroxyl groups excluding tert-OH is 1. The van der Waals surface area contributed by atoms with Crippen LogP contribution in [0.25, 0.3) is 0 Å². The highest BCUT2D eigenvalue weighted by Gasteiger charge is 2.35. The van der Waals surface area contributed by atoms with Gasteiger partial charge in [-0.05, 0) is 24.3 Å². The summed E-state index contributed by atoms with van der Waals surface area (Å²) in [6.07, 6.45) is 2.33. The third kappa shape index (κ3) is 4.22. The van der Waals surface area contributed by atoms with Crippen LogP contribution in [-0.4, -0.2) is 52.0 Å². The van der Waals surface area contributed by atoms with Gasteiger partial charge in [-0.15, -0.1) is 0 Å². The van der Waals surface area contributed by atoms with Crippen molar-refractivity contribution in [3.63, 3.8) is 0 Å². The molecule has 1 aromatic heterocycles. The molecule has 0 spiro atoms. The molecule has 1 amide bonds. The summed E-state index contributed by atoms with van der Waals surface area (Å²) >= 11 is 0. The molecule has 1 saturated heterocycles. The van der Waals surface area contributed by atoms with Crippen LogP contribution in [0.3, 0.4) is 0 Å². The first-order valence-electron chi connectivity index (χ1n) is 8.07. The maximum Gasteiger partial charge on any atom is 0.251 e. The lowest BCUT2D eigenvalue weighted by Gasteiger charge is -2.19. The highest BCUT2D eigenvalue weighted by Crippen LogP contribution is 2.14. The molecule has 3 N–H and O–H groups in total. The highest BCUT2D eigenvalue weighted by molar-refractivity contribution is 5.94. The van der Waals surface area contributed by atoms with Crippen molar-refractivity contribution in [3.05, 3.63) is 53.9 Å². The van der Waals surface area contributed by atoms with E-state index >= 15 is 0 Å². The Morgan fingerprint density at radius 3 is 2.88 bits per heavy atom. The Kier molecular flexibility index (Phi) is 5.42. The summed E-state index contributed by atoms with van der Waals surface area (Å²) in [5.74, 6) is 0.133. The van der Waals surface area contributed by atoms with E-state index in [1.54, 1.807) is 6.20 Å². The Morgan fingerprint density at radius 2 is 2.20 bits per heavy atom. The van der Waals surface area contributed by atoms with Crippen molar-refractivity contribution in [3.8, 4) is 0 Å². The number of halogens is 1. The number of carbonyl (C=O) groups is 1. The molecule has 0 unspecified atom stereocenters. The molecular formula is C17H21FN4O3. The lowest BCUT2D eigenvalue weighted by molar-refractivity contribution is 0.0398. The summed E-state index contributed by atoms with van der Waals surface area (Å²) in [5.41, 5.74) is 0.360. The quantitative estimate of drug-likeness (QED) is 0.694.